The number of hydrogen-bond acceptors (Lipinski definition) is 3. The van der Waals surface area contributed by atoms with Gasteiger partial charge in [0.05, 0.1) is 13.7 Å². The third-order valence-corrected chi connectivity index (χ3v) is 4.60. The van der Waals surface area contributed by atoms with Gasteiger partial charge in [0, 0.05) is 35.9 Å². The smallest absolute Gasteiger partial charge is 0.158 e. The maximum absolute atomic E-state index is 6.02. The van der Waals surface area contributed by atoms with Gasteiger partial charge in [0.1, 0.15) is 5.75 Å². The number of hydrogen-bond donors (Lipinski definition) is 0. The van der Waals surface area contributed by atoms with Crippen LogP contribution >= 0.6 is 0 Å². The molecule has 2 heterocycles. The molecular formula is C21H22N2O2. The van der Waals surface area contributed by atoms with Crippen LogP contribution in [0.25, 0.3) is 5.69 Å². The Hall–Kier alpha value is -2.72. The summed E-state index contributed by atoms with van der Waals surface area (Å²) in [5.41, 5.74) is 4.74. The monoisotopic (exact) mass is 334 g/mol. The lowest BCUT2D eigenvalue weighted by Crippen LogP contribution is -2.23. The second-order valence-corrected chi connectivity index (χ2v) is 6.31. The predicted octanol–water partition coefficient (Wildman–Crippen LogP) is 4.33. The van der Waals surface area contributed by atoms with Crippen molar-refractivity contribution in [1.29, 1.82) is 0 Å². The molecule has 25 heavy (non-hydrogen) atoms. The summed E-state index contributed by atoms with van der Waals surface area (Å²) in [6, 6.07) is 18.8. The first kappa shape index (κ1) is 15.8. The number of rotatable bonds is 4. The Labute approximate surface area is 148 Å². The molecule has 0 radical (unpaired) electrons. The van der Waals surface area contributed by atoms with Gasteiger partial charge in [0.25, 0.3) is 0 Å². The van der Waals surface area contributed by atoms with Crippen LogP contribution in [0.4, 0.5) is 5.69 Å². The van der Waals surface area contributed by atoms with Gasteiger partial charge in [0.2, 0.25) is 0 Å². The molecule has 0 aliphatic carbocycles. The Bertz CT molecular complexity index is 854. The summed E-state index contributed by atoms with van der Waals surface area (Å²) < 4.78 is 13.4. The molecule has 0 spiro atoms. The van der Waals surface area contributed by atoms with E-state index in [9.17, 15) is 0 Å². The molecule has 0 bridgehead atoms. The lowest BCUT2D eigenvalue weighted by Gasteiger charge is -2.25. The minimum absolute atomic E-state index is 0.0405. The molecule has 4 rings (SSSR count). The summed E-state index contributed by atoms with van der Waals surface area (Å²) in [5.74, 6) is 0.862. The van der Waals surface area contributed by atoms with Crippen LogP contribution in [0, 0.1) is 6.92 Å². The number of aromatic nitrogens is 1. The average molecular weight is 334 g/mol. The number of methoxy groups -OCH3 is 1. The SMILES string of the molecule is COc1ccc(-n2ccc(C3OCCN3c3cccc(C)c3)c2)cc1. The van der Waals surface area contributed by atoms with Gasteiger partial charge in [-0.25, -0.2) is 0 Å². The Morgan fingerprint density at radius 2 is 1.88 bits per heavy atom. The van der Waals surface area contributed by atoms with Crippen LogP contribution < -0.4 is 9.64 Å². The number of benzene rings is 2. The van der Waals surface area contributed by atoms with Gasteiger partial charge in [-0.2, -0.15) is 0 Å². The second-order valence-electron chi connectivity index (χ2n) is 6.31. The minimum atomic E-state index is -0.0405. The fourth-order valence-electron chi connectivity index (χ4n) is 3.29. The highest BCUT2D eigenvalue weighted by molar-refractivity contribution is 5.51. The quantitative estimate of drug-likeness (QED) is 0.710. The third kappa shape index (κ3) is 3.13. The van der Waals surface area contributed by atoms with E-state index in [1.807, 2.05) is 12.1 Å². The molecular weight excluding hydrogens is 312 g/mol. The average Bonchev–Trinajstić information content (AvgIpc) is 3.31. The molecule has 1 unspecified atom stereocenters. The van der Waals surface area contributed by atoms with E-state index in [2.05, 4.69) is 71.2 Å². The van der Waals surface area contributed by atoms with E-state index < -0.39 is 0 Å². The molecule has 2 aromatic carbocycles. The highest BCUT2D eigenvalue weighted by Crippen LogP contribution is 2.33. The van der Waals surface area contributed by atoms with Crippen molar-refractivity contribution in [3.05, 3.63) is 78.1 Å². The van der Waals surface area contributed by atoms with E-state index in [0.29, 0.717) is 0 Å². The Kier molecular flexibility index (Phi) is 4.20. The summed E-state index contributed by atoms with van der Waals surface area (Å²) in [6.45, 7) is 3.77. The van der Waals surface area contributed by atoms with Crippen molar-refractivity contribution in [2.45, 2.75) is 13.2 Å². The topological polar surface area (TPSA) is 26.6 Å². The fraction of sp³-hybridized carbons (Fsp3) is 0.238. The number of ether oxygens (including phenoxy) is 2. The number of aryl methyl sites for hydroxylation is 1. The molecule has 128 valence electrons. The Morgan fingerprint density at radius 3 is 2.64 bits per heavy atom. The third-order valence-electron chi connectivity index (χ3n) is 4.60. The van der Waals surface area contributed by atoms with Crippen LogP contribution in [-0.2, 0) is 4.74 Å². The van der Waals surface area contributed by atoms with Gasteiger partial charge in [0.15, 0.2) is 6.23 Å². The van der Waals surface area contributed by atoms with Crippen molar-refractivity contribution in [3.8, 4) is 11.4 Å². The molecule has 4 nitrogen and oxygen atoms in total. The van der Waals surface area contributed by atoms with Crippen LogP contribution in [0.2, 0.25) is 0 Å². The van der Waals surface area contributed by atoms with Gasteiger partial charge in [-0.05, 0) is 55.0 Å². The van der Waals surface area contributed by atoms with Gasteiger partial charge in [-0.1, -0.05) is 12.1 Å². The van der Waals surface area contributed by atoms with Crippen LogP contribution in [0.1, 0.15) is 17.4 Å². The molecule has 3 aromatic rings. The van der Waals surface area contributed by atoms with E-state index in [-0.39, 0.29) is 6.23 Å². The minimum Gasteiger partial charge on any atom is -0.497 e. The van der Waals surface area contributed by atoms with Crippen molar-refractivity contribution in [3.63, 3.8) is 0 Å². The van der Waals surface area contributed by atoms with Crippen LogP contribution in [0.15, 0.2) is 67.0 Å². The predicted molar refractivity (Wildman–Crippen MR) is 99.5 cm³/mol. The van der Waals surface area contributed by atoms with Gasteiger partial charge in [-0.3, -0.25) is 0 Å². The molecule has 1 fully saturated rings. The Balaban J connectivity index is 1.60. The first-order valence-electron chi connectivity index (χ1n) is 8.52. The lowest BCUT2D eigenvalue weighted by molar-refractivity contribution is 0.114. The van der Waals surface area contributed by atoms with E-state index in [0.717, 1.165) is 30.2 Å². The van der Waals surface area contributed by atoms with Crippen molar-refractivity contribution in [1.82, 2.24) is 4.57 Å². The van der Waals surface area contributed by atoms with E-state index in [4.69, 9.17) is 9.47 Å². The largest absolute Gasteiger partial charge is 0.497 e. The first-order valence-corrected chi connectivity index (χ1v) is 8.52. The fourth-order valence-corrected chi connectivity index (χ4v) is 3.29. The number of nitrogens with zero attached hydrogens (tertiary/aromatic N) is 2. The summed E-state index contributed by atoms with van der Waals surface area (Å²) in [7, 11) is 1.68. The summed E-state index contributed by atoms with van der Waals surface area (Å²) >= 11 is 0. The van der Waals surface area contributed by atoms with Gasteiger partial charge >= 0.3 is 0 Å². The zero-order valence-corrected chi connectivity index (χ0v) is 14.6. The zero-order chi connectivity index (χ0) is 17.2. The Morgan fingerprint density at radius 1 is 1.04 bits per heavy atom. The molecule has 0 N–H and O–H groups in total. The van der Waals surface area contributed by atoms with E-state index in [1.165, 1.54) is 11.3 Å². The number of anilines is 1. The van der Waals surface area contributed by atoms with E-state index >= 15 is 0 Å². The normalized spacial score (nSPS) is 17.0. The van der Waals surface area contributed by atoms with Crippen molar-refractivity contribution in [2.75, 3.05) is 25.2 Å². The molecule has 1 aliphatic rings. The molecule has 1 atom stereocenters. The van der Waals surface area contributed by atoms with E-state index in [1.54, 1.807) is 7.11 Å². The summed E-state index contributed by atoms with van der Waals surface area (Å²) in [6.07, 6.45) is 4.18. The van der Waals surface area contributed by atoms with Crippen molar-refractivity contribution < 1.29 is 9.47 Å². The van der Waals surface area contributed by atoms with Gasteiger partial charge < -0.3 is 18.9 Å². The highest BCUT2D eigenvalue weighted by Gasteiger charge is 2.27. The standard InChI is InChI=1S/C21H22N2O2/c1-16-4-3-5-19(14-16)23-12-13-25-21(23)17-10-11-22(15-17)18-6-8-20(24-2)9-7-18/h3-11,14-15,21H,12-13H2,1-2H3. The molecule has 0 saturated carbocycles. The van der Waals surface area contributed by atoms with Crippen LogP contribution in [-0.4, -0.2) is 24.8 Å². The van der Waals surface area contributed by atoms with Crippen LogP contribution in [0.3, 0.4) is 0 Å². The molecule has 4 heteroatoms. The van der Waals surface area contributed by atoms with Crippen molar-refractivity contribution in [2.24, 2.45) is 0 Å². The van der Waals surface area contributed by atoms with Gasteiger partial charge in [-0.15, -0.1) is 0 Å². The highest BCUT2D eigenvalue weighted by atomic mass is 16.5. The maximum Gasteiger partial charge on any atom is 0.158 e. The summed E-state index contributed by atoms with van der Waals surface area (Å²) in [4.78, 5) is 2.32. The lowest BCUT2D eigenvalue weighted by atomic mass is 10.2. The van der Waals surface area contributed by atoms with Crippen molar-refractivity contribution >= 4 is 5.69 Å². The molecule has 0 amide bonds. The maximum atomic E-state index is 6.02. The van der Waals surface area contributed by atoms with Crippen LogP contribution in [0.5, 0.6) is 5.75 Å². The molecule has 1 saturated heterocycles. The summed E-state index contributed by atoms with van der Waals surface area (Å²) in [5, 5.41) is 0. The first-order chi connectivity index (χ1) is 12.2. The molecule has 1 aromatic heterocycles. The molecule has 1 aliphatic heterocycles. The zero-order valence-electron chi connectivity index (χ0n) is 14.6. The second kappa shape index (κ2) is 6.65.